The van der Waals surface area contributed by atoms with Crippen LogP contribution < -0.4 is 10.2 Å². The average Bonchev–Trinajstić information content (AvgIpc) is 2.26. The number of nitrogens with zero attached hydrogens (tertiary/aromatic N) is 3. The fraction of sp³-hybridized carbons (Fsp3) is 0.667. The molecule has 2 rings (SSSR count). The summed E-state index contributed by atoms with van der Waals surface area (Å²) < 4.78 is 0. The lowest BCUT2D eigenvalue weighted by atomic mass is 10.1. The highest BCUT2D eigenvalue weighted by Gasteiger charge is 2.23. The van der Waals surface area contributed by atoms with E-state index in [0.29, 0.717) is 12.1 Å². The number of aryl methyl sites for hydroxylation is 2. The van der Waals surface area contributed by atoms with Crippen LogP contribution in [0.3, 0.4) is 0 Å². The fourth-order valence-corrected chi connectivity index (χ4v) is 2.01. The topological polar surface area (TPSA) is 41.1 Å². The minimum absolute atomic E-state index is 0.479. The first-order chi connectivity index (χ1) is 7.58. The molecule has 2 heterocycles. The molecule has 1 aliphatic rings. The SMILES string of the molecule is Cc1ncc(N2CC(C)NCC2C)nc1C. The number of piperazine rings is 1. The molecule has 4 nitrogen and oxygen atoms in total. The largest absolute Gasteiger partial charge is 0.350 e. The first kappa shape index (κ1) is 11.3. The Kier molecular flexibility index (Phi) is 3.10. The Morgan fingerprint density at radius 1 is 1.31 bits per heavy atom. The quantitative estimate of drug-likeness (QED) is 0.774. The van der Waals surface area contributed by atoms with Crippen molar-refractivity contribution in [2.75, 3.05) is 18.0 Å². The van der Waals surface area contributed by atoms with Gasteiger partial charge in [0.1, 0.15) is 5.82 Å². The second kappa shape index (κ2) is 4.37. The molecule has 1 aliphatic heterocycles. The smallest absolute Gasteiger partial charge is 0.147 e. The molecule has 1 fully saturated rings. The Balaban J connectivity index is 2.24. The van der Waals surface area contributed by atoms with Crippen molar-refractivity contribution in [2.45, 2.75) is 39.8 Å². The number of aromatic nitrogens is 2. The van der Waals surface area contributed by atoms with Crippen LogP contribution in [0.25, 0.3) is 0 Å². The van der Waals surface area contributed by atoms with Gasteiger partial charge in [0, 0.05) is 25.2 Å². The van der Waals surface area contributed by atoms with Crippen molar-refractivity contribution in [1.29, 1.82) is 0 Å². The van der Waals surface area contributed by atoms with Gasteiger partial charge < -0.3 is 10.2 Å². The first-order valence-electron chi connectivity index (χ1n) is 5.88. The van der Waals surface area contributed by atoms with Gasteiger partial charge in [0.2, 0.25) is 0 Å². The van der Waals surface area contributed by atoms with E-state index in [-0.39, 0.29) is 0 Å². The first-order valence-corrected chi connectivity index (χ1v) is 5.88. The summed E-state index contributed by atoms with van der Waals surface area (Å²) in [6.07, 6.45) is 1.89. The zero-order chi connectivity index (χ0) is 11.7. The fourth-order valence-electron chi connectivity index (χ4n) is 2.01. The number of hydrogen-bond acceptors (Lipinski definition) is 4. The van der Waals surface area contributed by atoms with Gasteiger partial charge in [-0.25, -0.2) is 4.98 Å². The Morgan fingerprint density at radius 2 is 2.06 bits per heavy atom. The molecule has 0 spiro atoms. The van der Waals surface area contributed by atoms with Crippen LogP contribution >= 0.6 is 0 Å². The van der Waals surface area contributed by atoms with Crippen LogP contribution in [0.5, 0.6) is 0 Å². The molecule has 88 valence electrons. The summed E-state index contributed by atoms with van der Waals surface area (Å²) in [7, 11) is 0. The molecule has 0 radical (unpaired) electrons. The maximum atomic E-state index is 4.62. The molecule has 4 heteroatoms. The highest BCUT2D eigenvalue weighted by molar-refractivity contribution is 5.40. The second-order valence-electron chi connectivity index (χ2n) is 4.71. The van der Waals surface area contributed by atoms with Crippen molar-refractivity contribution in [2.24, 2.45) is 0 Å². The van der Waals surface area contributed by atoms with E-state index in [9.17, 15) is 0 Å². The molecule has 0 bridgehead atoms. The van der Waals surface area contributed by atoms with Crippen LogP contribution in [0.4, 0.5) is 5.82 Å². The summed E-state index contributed by atoms with van der Waals surface area (Å²) in [4.78, 5) is 11.3. The molecule has 1 aromatic rings. The monoisotopic (exact) mass is 220 g/mol. The van der Waals surface area contributed by atoms with Gasteiger partial charge in [-0.15, -0.1) is 0 Å². The van der Waals surface area contributed by atoms with Crippen molar-refractivity contribution in [1.82, 2.24) is 15.3 Å². The summed E-state index contributed by atoms with van der Waals surface area (Å²) in [5, 5.41) is 3.47. The maximum absolute atomic E-state index is 4.62. The van der Waals surface area contributed by atoms with Crippen molar-refractivity contribution >= 4 is 5.82 Å². The highest BCUT2D eigenvalue weighted by Crippen LogP contribution is 2.17. The summed E-state index contributed by atoms with van der Waals surface area (Å²) in [5.74, 6) is 1.00. The minimum atomic E-state index is 0.479. The van der Waals surface area contributed by atoms with E-state index in [0.717, 1.165) is 30.3 Å². The molecule has 16 heavy (non-hydrogen) atoms. The molecule has 0 aromatic carbocycles. The molecular weight excluding hydrogens is 200 g/mol. The van der Waals surface area contributed by atoms with Gasteiger partial charge in [-0.2, -0.15) is 0 Å². The summed E-state index contributed by atoms with van der Waals surface area (Å²) in [6, 6.07) is 0.993. The van der Waals surface area contributed by atoms with Crippen LogP contribution in [0.1, 0.15) is 25.2 Å². The zero-order valence-electron chi connectivity index (χ0n) is 10.5. The normalized spacial score (nSPS) is 25.9. The molecule has 2 unspecified atom stereocenters. The Hall–Kier alpha value is -1.16. The van der Waals surface area contributed by atoms with E-state index in [2.05, 4.69) is 34.0 Å². The summed E-state index contributed by atoms with van der Waals surface area (Å²) in [5.41, 5.74) is 2.04. The van der Waals surface area contributed by atoms with Crippen molar-refractivity contribution in [3.8, 4) is 0 Å². The Morgan fingerprint density at radius 3 is 2.75 bits per heavy atom. The van der Waals surface area contributed by atoms with Gasteiger partial charge >= 0.3 is 0 Å². The van der Waals surface area contributed by atoms with E-state index < -0.39 is 0 Å². The van der Waals surface area contributed by atoms with E-state index in [1.807, 2.05) is 20.0 Å². The van der Waals surface area contributed by atoms with Crippen LogP contribution in [0, 0.1) is 13.8 Å². The second-order valence-corrected chi connectivity index (χ2v) is 4.71. The zero-order valence-corrected chi connectivity index (χ0v) is 10.5. The molecule has 0 amide bonds. The predicted molar refractivity (Wildman–Crippen MR) is 65.8 cm³/mol. The van der Waals surface area contributed by atoms with E-state index in [1.54, 1.807) is 0 Å². The van der Waals surface area contributed by atoms with Crippen LogP contribution in [-0.4, -0.2) is 35.1 Å². The highest BCUT2D eigenvalue weighted by atomic mass is 15.3. The third-order valence-electron chi connectivity index (χ3n) is 3.24. The lowest BCUT2D eigenvalue weighted by molar-refractivity contribution is 0.422. The molecule has 1 saturated heterocycles. The van der Waals surface area contributed by atoms with E-state index >= 15 is 0 Å². The van der Waals surface area contributed by atoms with Gasteiger partial charge in [0.25, 0.3) is 0 Å². The van der Waals surface area contributed by atoms with Gasteiger partial charge in [-0.3, -0.25) is 4.98 Å². The number of hydrogen-bond donors (Lipinski definition) is 1. The molecule has 1 aromatic heterocycles. The number of rotatable bonds is 1. The van der Waals surface area contributed by atoms with Crippen LogP contribution in [-0.2, 0) is 0 Å². The summed E-state index contributed by atoms with van der Waals surface area (Å²) in [6.45, 7) is 10.4. The van der Waals surface area contributed by atoms with E-state index in [1.165, 1.54) is 0 Å². The Bertz CT molecular complexity index is 377. The third-order valence-corrected chi connectivity index (χ3v) is 3.24. The lowest BCUT2D eigenvalue weighted by Crippen LogP contribution is -2.54. The molecular formula is C12H20N4. The third kappa shape index (κ3) is 2.16. The van der Waals surface area contributed by atoms with Gasteiger partial charge in [0.05, 0.1) is 17.6 Å². The maximum Gasteiger partial charge on any atom is 0.147 e. The van der Waals surface area contributed by atoms with Crippen LogP contribution in [0.15, 0.2) is 6.20 Å². The number of nitrogens with one attached hydrogen (secondary N) is 1. The van der Waals surface area contributed by atoms with Crippen molar-refractivity contribution < 1.29 is 0 Å². The number of anilines is 1. The molecule has 2 atom stereocenters. The predicted octanol–water partition coefficient (Wildman–Crippen LogP) is 1.28. The van der Waals surface area contributed by atoms with Crippen molar-refractivity contribution in [3.05, 3.63) is 17.6 Å². The summed E-state index contributed by atoms with van der Waals surface area (Å²) >= 11 is 0. The molecule has 0 saturated carbocycles. The van der Waals surface area contributed by atoms with E-state index in [4.69, 9.17) is 0 Å². The van der Waals surface area contributed by atoms with Crippen molar-refractivity contribution in [3.63, 3.8) is 0 Å². The van der Waals surface area contributed by atoms with Gasteiger partial charge in [-0.05, 0) is 27.7 Å². The minimum Gasteiger partial charge on any atom is -0.350 e. The molecule has 0 aliphatic carbocycles. The standard InChI is InChI=1S/C12H20N4/c1-8-7-16(9(2)5-13-8)12-6-14-10(3)11(4)15-12/h6,8-9,13H,5,7H2,1-4H3. The lowest BCUT2D eigenvalue weighted by Gasteiger charge is -2.38. The molecule has 1 N–H and O–H groups in total. The van der Waals surface area contributed by atoms with Gasteiger partial charge in [0.15, 0.2) is 0 Å². The van der Waals surface area contributed by atoms with Gasteiger partial charge in [-0.1, -0.05) is 0 Å². The Labute approximate surface area is 97.1 Å². The average molecular weight is 220 g/mol. The van der Waals surface area contributed by atoms with Crippen LogP contribution in [0.2, 0.25) is 0 Å².